The maximum absolute atomic E-state index is 3.49. The number of hydrogen-bond acceptors (Lipinski definition) is 1. The molecule has 1 aliphatic rings. The van der Waals surface area contributed by atoms with Crippen LogP contribution in [0.3, 0.4) is 0 Å². The van der Waals surface area contributed by atoms with Gasteiger partial charge in [0, 0.05) is 10.9 Å². The van der Waals surface area contributed by atoms with E-state index in [1.54, 1.807) is 0 Å². The van der Waals surface area contributed by atoms with Crippen LogP contribution in [-0.4, -0.2) is 28.9 Å². The number of hydrogen-bond donors (Lipinski definition) is 0. The zero-order valence-electron chi connectivity index (χ0n) is 11.8. The molecule has 0 aromatic rings. The highest BCUT2D eigenvalue weighted by molar-refractivity contribution is 9.09. The van der Waals surface area contributed by atoms with Crippen molar-refractivity contribution in [3.05, 3.63) is 0 Å². The van der Waals surface area contributed by atoms with Crippen LogP contribution in [-0.2, 0) is 0 Å². The number of likely N-dealkylation sites (tertiary alicyclic amines) is 1. The molecule has 1 nitrogen and oxygen atoms in total. The first kappa shape index (κ1) is 15.5. The standard InChI is InChI=1S/C15H30BrN/c1-15(2)11-10-14-17(15)13-9-7-5-3-4-6-8-12-16/h3-14H2,1-2H3. The van der Waals surface area contributed by atoms with Crippen molar-refractivity contribution in [1.29, 1.82) is 0 Å². The Morgan fingerprint density at radius 1 is 0.941 bits per heavy atom. The highest BCUT2D eigenvalue weighted by atomic mass is 79.9. The maximum atomic E-state index is 3.49. The normalized spacial score (nSPS) is 19.9. The summed E-state index contributed by atoms with van der Waals surface area (Å²) >= 11 is 3.49. The Hall–Kier alpha value is 0.440. The number of alkyl halides is 1. The molecule has 0 N–H and O–H groups in total. The van der Waals surface area contributed by atoms with Crippen LogP contribution >= 0.6 is 15.9 Å². The molecule has 0 aromatic carbocycles. The fourth-order valence-corrected chi connectivity index (χ4v) is 3.26. The number of nitrogens with zero attached hydrogens (tertiary/aromatic N) is 1. The SMILES string of the molecule is CC1(C)CCCN1CCCCCCCCCBr. The van der Waals surface area contributed by atoms with Gasteiger partial charge in [0.15, 0.2) is 0 Å². The van der Waals surface area contributed by atoms with E-state index in [0.29, 0.717) is 5.54 Å². The lowest BCUT2D eigenvalue weighted by molar-refractivity contribution is 0.171. The molecule has 0 saturated carbocycles. The van der Waals surface area contributed by atoms with Gasteiger partial charge in [-0.15, -0.1) is 0 Å². The second kappa shape index (κ2) is 8.53. The molecule has 17 heavy (non-hydrogen) atoms. The molecule has 2 heteroatoms. The Labute approximate surface area is 116 Å². The van der Waals surface area contributed by atoms with Crippen LogP contribution in [0.2, 0.25) is 0 Å². The minimum absolute atomic E-state index is 0.482. The average Bonchev–Trinajstić information content (AvgIpc) is 2.62. The van der Waals surface area contributed by atoms with Gasteiger partial charge in [0.05, 0.1) is 0 Å². The van der Waals surface area contributed by atoms with Gasteiger partial charge in [-0.25, -0.2) is 0 Å². The molecule has 0 radical (unpaired) electrons. The maximum Gasteiger partial charge on any atom is 0.0153 e. The fourth-order valence-electron chi connectivity index (χ4n) is 2.86. The lowest BCUT2D eigenvalue weighted by Crippen LogP contribution is -2.38. The Kier molecular flexibility index (Phi) is 7.77. The highest BCUT2D eigenvalue weighted by Crippen LogP contribution is 2.28. The Bertz CT molecular complexity index is 191. The van der Waals surface area contributed by atoms with E-state index in [0.717, 1.165) is 0 Å². The molecular formula is C15H30BrN. The zero-order chi connectivity index (χ0) is 12.6. The van der Waals surface area contributed by atoms with Crippen molar-refractivity contribution >= 4 is 15.9 Å². The lowest BCUT2D eigenvalue weighted by atomic mass is 10.0. The van der Waals surface area contributed by atoms with E-state index in [2.05, 4.69) is 34.7 Å². The summed E-state index contributed by atoms with van der Waals surface area (Å²) in [6.07, 6.45) is 12.7. The van der Waals surface area contributed by atoms with Crippen LogP contribution in [0.4, 0.5) is 0 Å². The quantitative estimate of drug-likeness (QED) is 0.428. The van der Waals surface area contributed by atoms with Gasteiger partial charge in [0.1, 0.15) is 0 Å². The molecule has 1 fully saturated rings. The molecule has 1 aliphatic heterocycles. The molecule has 1 rings (SSSR count). The van der Waals surface area contributed by atoms with Gasteiger partial charge >= 0.3 is 0 Å². The first-order valence-electron chi connectivity index (χ1n) is 7.48. The predicted molar refractivity (Wildman–Crippen MR) is 81.0 cm³/mol. The predicted octanol–water partition coefficient (Wildman–Crippen LogP) is 4.99. The van der Waals surface area contributed by atoms with Crippen molar-refractivity contribution in [1.82, 2.24) is 4.90 Å². The number of halogens is 1. The summed E-state index contributed by atoms with van der Waals surface area (Å²) in [5, 5.41) is 1.18. The smallest absolute Gasteiger partial charge is 0.0153 e. The largest absolute Gasteiger partial charge is 0.298 e. The van der Waals surface area contributed by atoms with Gasteiger partial charge in [-0.1, -0.05) is 48.0 Å². The first-order valence-corrected chi connectivity index (χ1v) is 8.60. The van der Waals surface area contributed by atoms with Crippen LogP contribution in [0.15, 0.2) is 0 Å². The number of unbranched alkanes of at least 4 members (excludes halogenated alkanes) is 6. The molecule has 0 aromatic heterocycles. The molecule has 0 atom stereocenters. The summed E-state index contributed by atoms with van der Waals surface area (Å²) in [6.45, 7) is 7.47. The van der Waals surface area contributed by atoms with E-state index >= 15 is 0 Å². The van der Waals surface area contributed by atoms with E-state index in [1.807, 2.05) is 0 Å². The minimum Gasteiger partial charge on any atom is -0.298 e. The fraction of sp³-hybridized carbons (Fsp3) is 1.00. The summed E-state index contributed by atoms with van der Waals surface area (Å²) in [5.74, 6) is 0. The molecule has 0 unspecified atom stereocenters. The Morgan fingerprint density at radius 2 is 1.53 bits per heavy atom. The summed E-state index contributed by atoms with van der Waals surface area (Å²) in [6, 6.07) is 0. The van der Waals surface area contributed by atoms with E-state index in [1.165, 1.54) is 76.2 Å². The van der Waals surface area contributed by atoms with E-state index in [-0.39, 0.29) is 0 Å². The van der Waals surface area contributed by atoms with Gasteiger partial charge < -0.3 is 0 Å². The summed E-state index contributed by atoms with van der Waals surface area (Å²) in [4.78, 5) is 2.69. The summed E-state index contributed by atoms with van der Waals surface area (Å²) < 4.78 is 0. The van der Waals surface area contributed by atoms with Crippen LogP contribution in [0.5, 0.6) is 0 Å². The van der Waals surface area contributed by atoms with Crippen molar-refractivity contribution in [2.75, 3.05) is 18.4 Å². The van der Waals surface area contributed by atoms with E-state index in [4.69, 9.17) is 0 Å². The Morgan fingerprint density at radius 3 is 2.06 bits per heavy atom. The molecule has 0 aliphatic carbocycles. The third-order valence-electron chi connectivity index (χ3n) is 4.13. The molecule has 0 spiro atoms. The van der Waals surface area contributed by atoms with Gasteiger partial charge in [-0.2, -0.15) is 0 Å². The molecule has 0 bridgehead atoms. The molecule has 1 heterocycles. The minimum atomic E-state index is 0.482. The van der Waals surface area contributed by atoms with Crippen LogP contribution in [0.1, 0.15) is 71.6 Å². The van der Waals surface area contributed by atoms with Gasteiger partial charge in [0.2, 0.25) is 0 Å². The second-order valence-corrected chi connectivity index (χ2v) is 6.86. The average molecular weight is 304 g/mol. The van der Waals surface area contributed by atoms with Gasteiger partial charge in [0.25, 0.3) is 0 Å². The van der Waals surface area contributed by atoms with Crippen LogP contribution in [0.25, 0.3) is 0 Å². The molecule has 1 saturated heterocycles. The third-order valence-corrected chi connectivity index (χ3v) is 4.70. The second-order valence-electron chi connectivity index (χ2n) is 6.07. The van der Waals surface area contributed by atoms with E-state index in [9.17, 15) is 0 Å². The third kappa shape index (κ3) is 6.24. The van der Waals surface area contributed by atoms with Gasteiger partial charge in [-0.05, 0) is 52.6 Å². The van der Waals surface area contributed by atoms with E-state index < -0.39 is 0 Å². The summed E-state index contributed by atoms with van der Waals surface area (Å²) in [5.41, 5.74) is 0.482. The number of rotatable bonds is 9. The van der Waals surface area contributed by atoms with Crippen molar-refractivity contribution < 1.29 is 0 Å². The van der Waals surface area contributed by atoms with Crippen molar-refractivity contribution in [3.8, 4) is 0 Å². The summed E-state index contributed by atoms with van der Waals surface area (Å²) in [7, 11) is 0. The Balaban J connectivity index is 1.90. The van der Waals surface area contributed by atoms with Crippen molar-refractivity contribution in [3.63, 3.8) is 0 Å². The van der Waals surface area contributed by atoms with Crippen LogP contribution < -0.4 is 0 Å². The van der Waals surface area contributed by atoms with Crippen molar-refractivity contribution in [2.24, 2.45) is 0 Å². The first-order chi connectivity index (χ1) is 8.17. The molecular weight excluding hydrogens is 274 g/mol. The molecule has 102 valence electrons. The monoisotopic (exact) mass is 303 g/mol. The molecule has 0 amide bonds. The van der Waals surface area contributed by atoms with Gasteiger partial charge in [-0.3, -0.25) is 4.90 Å². The van der Waals surface area contributed by atoms with Crippen LogP contribution in [0, 0.1) is 0 Å². The highest BCUT2D eigenvalue weighted by Gasteiger charge is 2.30. The topological polar surface area (TPSA) is 3.24 Å². The van der Waals surface area contributed by atoms with Crippen molar-refractivity contribution in [2.45, 2.75) is 77.2 Å². The zero-order valence-corrected chi connectivity index (χ0v) is 13.4. The lowest BCUT2D eigenvalue weighted by Gasteiger charge is -2.31.